The number of H-pyrrole nitrogens is 2. The summed E-state index contributed by atoms with van der Waals surface area (Å²) in [5, 5.41) is 19.1. The van der Waals surface area contributed by atoms with Crippen LogP contribution in [0.2, 0.25) is 0 Å². The molecule has 4 aromatic heterocycles. The van der Waals surface area contributed by atoms with Crippen LogP contribution in [-0.2, 0) is 27.2 Å². The number of aromatic nitrogens is 6. The normalized spacial score (nSPS) is 11.8. The van der Waals surface area contributed by atoms with Gasteiger partial charge in [0.1, 0.15) is 0 Å². The van der Waals surface area contributed by atoms with Crippen LogP contribution in [0.1, 0.15) is 42.3 Å². The van der Waals surface area contributed by atoms with Gasteiger partial charge in [0.05, 0.1) is 42.2 Å². The summed E-state index contributed by atoms with van der Waals surface area (Å²) in [4.78, 5) is 83.8. The minimum Gasteiger partial charge on any atom is -0.481 e. The molecule has 54 heavy (non-hydrogen) atoms. The fourth-order valence-corrected chi connectivity index (χ4v) is 6.52. The first kappa shape index (κ1) is 35.2. The smallest absolute Gasteiger partial charge is 0.319 e. The average Bonchev–Trinajstić information content (AvgIpc) is 3.94. The lowest BCUT2D eigenvalue weighted by molar-refractivity contribution is -0.143. The Bertz CT molecular complexity index is 2580. The van der Waals surface area contributed by atoms with E-state index in [0.29, 0.717) is 42.1 Å². The molecule has 8 rings (SSSR count). The molecule has 2 aliphatic rings. The molecule has 7 N–H and O–H groups in total. The molecule has 0 bridgehead atoms. The number of hydrogen-bond acceptors (Lipinski definition) is 9. The number of esters is 1. The number of ether oxygens (including phenoxy) is 1. The number of carboxylic acids is 1. The molecule has 6 aromatic rings. The molecule has 18 heteroatoms. The van der Waals surface area contributed by atoms with Gasteiger partial charge in [-0.15, -0.1) is 0 Å². The number of amides is 4. The Morgan fingerprint density at radius 2 is 1.24 bits per heavy atom. The molecule has 0 atom stereocenters. The highest BCUT2D eigenvalue weighted by Gasteiger charge is 2.25. The molecule has 0 saturated carbocycles. The first-order valence-electron chi connectivity index (χ1n) is 17.0. The third-order valence-corrected chi connectivity index (χ3v) is 8.85. The van der Waals surface area contributed by atoms with Gasteiger partial charge >= 0.3 is 24.0 Å². The number of nitrogens with zero attached hydrogens (tertiary/aromatic N) is 4. The van der Waals surface area contributed by atoms with Crippen LogP contribution in [0.4, 0.5) is 21.0 Å². The third-order valence-electron chi connectivity index (χ3n) is 8.85. The Labute approximate surface area is 304 Å². The maximum Gasteiger partial charge on any atom is 0.319 e. The van der Waals surface area contributed by atoms with Gasteiger partial charge in [0.15, 0.2) is 0 Å². The van der Waals surface area contributed by atoms with Gasteiger partial charge in [0, 0.05) is 73.2 Å². The molecule has 0 aliphatic heterocycles. The number of hydrogen-bond donors (Lipinski definition) is 7. The van der Waals surface area contributed by atoms with Crippen LogP contribution in [0.15, 0.2) is 70.8 Å². The van der Waals surface area contributed by atoms with E-state index < -0.39 is 18.0 Å². The monoisotopic (exact) mass is 734 g/mol. The number of imidazole rings is 2. The van der Waals surface area contributed by atoms with Gasteiger partial charge in [-0.25, -0.2) is 19.6 Å². The van der Waals surface area contributed by atoms with E-state index >= 15 is 0 Å². The van der Waals surface area contributed by atoms with Crippen molar-refractivity contribution in [2.45, 2.75) is 32.6 Å². The molecule has 0 fully saturated rings. The van der Waals surface area contributed by atoms with Crippen molar-refractivity contribution >= 4 is 46.7 Å². The van der Waals surface area contributed by atoms with Crippen molar-refractivity contribution < 1.29 is 29.0 Å². The molecule has 18 nitrogen and oxygen atoms in total. The number of carbonyl (C=O) groups is 4. The molecule has 4 heterocycles. The van der Waals surface area contributed by atoms with Crippen molar-refractivity contribution in [2.75, 3.05) is 30.3 Å². The maximum atomic E-state index is 12.2. The topological polar surface area (TPSA) is 246 Å². The van der Waals surface area contributed by atoms with Crippen LogP contribution in [0, 0.1) is 0 Å². The number of anilines is 2. The Morgan fingerprint density at radius 1 is 0.759 bits per heavy atom. The summed E-state index contributed by atoms with van der Waals surface area (Å²) in [6.07, 6.45) is 7.91. The van der Waals surface area contributed by atoms with E-state index in [-0.39, 0.29) is 43.0 Å². The van der Waals surface area contributed by atoms with Crippen molar-refractivity contribution in [2.24, 2.45) is 0 Å². The number of carbonyl (C=O) groups excluding carboxylic acids is 3. The SMILES string of the molecule is CCOC(=O)CCNC(=O)Nc1ccc2c(c1)Cc1c-2[nH]c(=O)c2nccn12.O=C(O)CCNC(=O)Nc1ccc2c(c1)Cc1c-2[nH]c(=O)c2nccn12. The first-order chi connectivity index (χ1) is 26.1. The summed E-state index contributed by atoms with van der Waals surface area (Å²) in [5.74, 6) is -1.32. The van der Waals surface area contributed by atoms with Crippen LogP contribution in [-0.4, -0.2) is 77.5 Å². The minimum absolute atomic E-state index is 0.0530. The lowest BCUT2D eigenvalue weighted by atomic mass is 10.1. The Balaban J connectivity index is 0.000000167. The Kier molecular flexibility index (Phi) is 9.63. The van der Waals surface area contributed by atoms with E-state index in [1.807, 2.05) is 24.3 Å². The van der Waals surface area contributed by atoms with E-state index in [1.54, 1.807) is 52.6 Å². The van der Waals surface area contributed by atoms with Gasteiger partial charge in [-0.3, -0.25) is 28.0 Å². The Hall–Kier alpha value is -7.24. The summed E-state index contributed by atoms with van der Waals surface area (Å²) in [6, 6.07) is 10.1. The largest absolute Gasteiger partial charge is 0.481 e. The molecule has 0 spiro atoms. The number of urea groups is 2. The van der Waals surface area contributed by atoms with E-state index in [4.69, 9.17) is 9.84 Å². The van der Waals surface area contributed by atoms with Crippen LogP contribution < -0.4 is 32.4 Å². The summed E-state index contributed by atoms with van der Waals surface area (Å²) in [5.41, 5.74) is 8.69. The summed E-state index contributed by atoms with van der Waals surface area (Å²) in [7, 11) is 0. The van der Waals surface area contributed by atoms with Crippen molar-refractivity contribution in [1.29, 1.82) is 0 Å². The highest BCUT2D eigenvalue weighted by atomic mass is 16.5. The number of nitrogens with one attached hydrogen (secondary N) is 6. The van der Waals surface area contributed by atoms with Crippen LogP contribution >= 0.6 is 0 Å². The second-order valence-electron chi connectivity index (χ2n) is 12.4. The fourth-order valence-electron chi connectivity index (χ4n) is 6.52. The summed E-state index contributed by atoms with van der Waals surface area (Å²) >= 11 is 0. The molecule has 276 valence electrons. The molecular weight excluding hydrogens is 700 g/mol. The van der Waals surface area contributed by atoms with Crippen LogP contribution in [0.3, 0.4) is 0 Å². The zero-order valence-electron chi connectivity index (χ0n) is 28.8. The molecule has 0 saturated heterocycles. The number of rotatable bonds is 9. The van der Waals surface area contributed by atoms with Gasteiger partial charge in [-0.05, 0) is 42.3 Å². The van der Waals surface area contributed by atoms with Crippen LogP contribution in [0.5, 0.6) is 0 Å². The molecular formula is C36H34N10O8. The average molecular weight is 735 g/mol. The number of aliphatic carboxylic acids is 1. The molecule has 2 aliphatic carbocycles. The van der Waals surface area contributed by atoms with Gasteiger partial charge < -0.3 is 41.1 Å². The highest BCUT2D eigenvalue weighted by Crippen LogP contribution is 2.37. The van der Waals surface area contributed by atoms with Crippen molar-refractivity contribution in [3.63, 3.8) is 0 Å². The Morgan fingerprint density at radius 3 is 1.70 bits per heavy atom. The number of carboxylic acid groups (broad SMARTS) is 1. The quantitative estimate of drug-likeness (QED) is 0.107. The highest BCUT2D eigenvalue weighted by molar-refractivity contribution is 5.91. The second kappa shape index (κ2) is 14.8. The van der Waals surface area contributed by atoms with Gasteiger partial charge in [0.25, 0.3) is 11.1 Å². The standard InChI is InChI=1S/C19H19N5O4.C17H15N5O4/c1-2-28-15(25)5-6-21-19(27)22-12-3-4-13-11(9-12)10-14-16(13)23-18(26)17-20-7-8-24(14)17;23-13(24)3-4-19-17(26)20-10-1-2-11-9(7-10)8-12-14(11)21-16(25)15-18-5-6-22(12)15/h3-4,7-9H,2,5-6,10H2,1H3,(H,23,26)(H2,21,22,27);1-2,5-7H,3-4,8H2,(H,21,25)(H,23,24)(H2,19,20,26). The van der Waals surface area contributed by atoms with Crippen molar-refractivity contribution in [3.05, 3.63) is 104 Å². The minimum atomic E-state index is -0.972. The fraction of sp³-hybridized carbons (Fsp3) is 0.222. The molecule has 0 unspecified atom stereocenters. The van der Waals surface area contributed by atoms with E-state index in [9.17, 15) is 28.8 Å². The predicted molar refractivity (Wildman–Crippen MR) is 196 cm³/mol. The van der Waals surface area contributed by atoms with Gasteiger partial charge in [-0.1, -0.05) is 12.1 Å². The van der Waals surface area contributed by atoms with Crippen molar-refractivity contribution in [3.8, 4) is 22.5 Å². The van der Waals surface area contributed by atoms with Gasteiger partial charge in [0.2, 0.25) is 11.3 Å². The lowest BCUT2D eigenvalue weighted by Crippen LogP contribution is -2.30. The van der Waals surface area contributed by atoms with E-state index in [2.05, 4.69) is 41.2 Å². The molecule has 2 aromatic carbocycles. The lowest BCUT2D eigenvalue weighted by Gasteiger charge is -2.09. The number of fused-ring (bicyclic) bond motifs is 10. The summed E-state index contributed by atoms with van der Waals surface area (Å²) < 4.78 is 8.39. The zero-order valence-corrected chi connectivity index (χ0v) is 28.8. The van der Waals surface area contributed by atoms with Gasteiger partial charge in [-0.2, -0.15) is 0 Å². The van der Waals surface area contributed by atoms with Crippen molar-refractivity contribution in [1.82, 2.24) is 39.4 Å². The third kappa shape index (κ3) is 7.11. The molecule has 0 radical (unpaired) electrons. The predicted octanol–water partition coefficient (Wildman–Crippen LogP) is 2.86. The van der Waals surface area contributed by atoms with E-state index in [0.717, 1.165) is 45.0 Å². The summed E-state index contributed by atoms with van der Waals surface area (Å²) in [6.45, 7) is 2.30. The second-order valence-corrected chi connectivity index (χ2v) is 12.4. The molecule has 4 amide bonds. The number of benzene rings is 2. The first-order valence-corrected chi connectivity index (χ1v) is 17.0. The maximum absolute atomic E-state index is 12.2. The van der Waals surface area contributed by atoms with Crippen LogP contribution in [0.25, 0.3) is 33.8 Å². The zero-order chi connectivity index (χ0) is 37.9. The number of aromatic amines is 2. The van der Waals surface area contributed by atoms with E-state index in [1.165, 1.54) is 0 Å².